The molecule has 1 unspecified atom stereocenters. The molecule has 0 fully saturated rings. The number of carbonyl (C=O) groups excluding carboxylic acids is 1. The van der Waals surface area contributed by atoms with Gasteiger partial charge in [-0.25, -0.2) is 9.18 Å². The van der Waals surface area contributed by atoms with Crippen LogP contribution in [0.2, 0.25) is 0 Å². The van der Waals surface area contributed by atoms with Gasteiger partial charge in [-0.3, -0.25) is 4.90 Å². The molecule has 0 spiro atoms. The zero-order chi connectivity index (χ0) is 25.1. The van der Waals surface area contributed by atoms with E-state index in [0.717, 1.165) is 17.7 Å². The van der Waals surface area contributed by atoms with Crippen LogP contribution >= 0.6 is 0 Å². The number of allylic oxidation sites excluding steroid dienone is 1. The third-order valence-corrected chi connectivity index (χ3v) is 6.03. The molecule has 1 aliphatic heterocycles. The van der Waals surface area contributed by atoms with Gasteiger partial charge in [0.1, 0.15) is 5.82 Å². The second kappa shape index (κ2) is 10.2. The molecule has 8 nitrogen and oxygen atoms in total. The Kier molecular flexibility index (Phi) is 7.04. The van der Waals surface area contributed by atoms with E-state index < -0.39 is 6.04 Å². The summed E-state index contributed by atoms with van der Waals surface area (Å²) >= 11 is 0. The molecule has 2 aromatic carbocycles. The van der Waals surface area contributed by atoms with Gasteiger partial charge in [0.05, 0.1) is 25.8 Å². The van der Waals surface area contributed by atoms with Crippen molar-refractivity contribution < 1.29 is 23.2 Å². The summed E-state index contributed by atoms with van der Waals surface area (Å²) in [7, 11) is 3.13. The Morgan fingerprint density at radius 2 is 1.83 bits per heavy atom. The topological polar surface area (TPSA) is 89.7 Å². The number of hydrogen-bond donors (Lipinski definition) is 1. The van der Waals surface area contributed by atoms with Gasteiger partial charge < -0.3 is 19.3 Å². The van der Waals surface area contributed by atoms with Gasteiger partial charge in [0, 0.05) is 17.8 Å². The zero-order valence-electron chi connectivity index (χ0n) is 20.5. The number of nitrogens with one attached hydrogen (secondary N) is 1. The number of ether oxygens (including phenoxy) is 2. The quantitative estimate of drug-likeness (QED) is 0.462. The van der Waals surface area contributed by atoms with Crippen molar-refractivity contribution >= 4 is 11.6 Å². The molecule has 1 aromatic heterocycles. The third-order valence-electron chi connectivity index (χ3n) is 6.03. The van der Waals surface area contributed by atoms with E-state index in [-0.39, 0.29) is 17.7 Å². The van der Waals surface area contributed by atoms with Gasteiger partial charge >= 0.3 is 6.03 Å². The monoisotopic (exact) mass is 480 g/mol. The number of amides is 2. The van der Waals surface area contributed by atoms with Gasteiger partial charge in [-0.1, -0.05) is 25.1 Å². The zero-order valence-corrected chi connectivity index (χ0v) is 20.5. The number of benzene rings is 2. The number of carbonyl (C=O) groups is 1. The Bertz CT molecular complexity index is 1240. The van der Waals surface area contributed by atoms with Crippen LogP contribution in [0.3, 0.4) is 0 Å². The Hall–Kier alpha value is -3.88. The lowest BCUT2D eigenvalue weighted by Gasteiger charge is -2.35. The fourth-order valence-electron chi connectivity index (χ4n) is 4.05. The summed E-state index contributed by atoms with van der Waals surface area (Å²) in [5, 5.41) is 7.20. The highest BCUT2D eigenvalue weighted by molar-refractivity contribution is 5.87. The maximum atomic E-state index is 13.4. The van der Waals surface area contributed by atoms with Gasteiger partial charge in [-0.05, 0) is 61.2 Å². The summed E-state index contributed by atoms with van der Waals surface area (Å²) in [5.74, 6) is 1.80. The maximum absolute atomic E-state index is 13.4. The first-order valence-electron chi connectivity index (χ1n) is 11.4. The number of aromatic nitrogens is 2. The van der Waals surface area contributed by atoms with Crippen LogP contribution in [-0.2, 0) is 0 Å². The molecular formula is C26H29FN4O4. The Morgan fingerprint density at radius 3 is 2.49 bits per heavy atom. The van der Waals surface area contributed by atoms with Gasteiger partial charge in [0.15, 0.2) is 11.5 Å². The largest absolute Gasteiger partial charge is 0.493 e. The van der Waals surface area contributed by atoms with E-state index in [2.05, 4.69) is 29.3 Å². The molecule has 0 radical (unpaired) electrons. The van der Waals surface area contributed by atoms with Crippen LogP contribution in [0, 0.1) is 11.7 Å². The van der Waals surface area contributed by atoms with Crippen LogP contribution in [0.25, 0.3) is 17.0 Å². The Morgan fingerprint density at radius 1 is 1.11 bits per heavy atom. The molecule has 2 amide bonds. The number of halogens is 1. The number of hydrogen-bond acceptors (Lipinski definition) is 6. The summed E-state index contributed by atoms with van der Waals surface area (Å²) in [6.45, 7) is 6.66. The molecule has 0 bridgehead atoms. The lowest BCUT2D eigenvalue weighted by molar-refractivity contribution is 0.202. The first-order valence-corrected chi connectivity index (χ1v) is 11.4. The molecule has 1 N–H and O–H groups in total. The minimum absolute atomic E-state index is 0.204. The summed E-state index contributed by atoms with van der Waals surface area (Å²) in [6.07, 6.45) is 0.837. The van der Waals surface area contributed by atoms with Crippen molar-refractivity contribution in [2.24, 2.45) is 5.92 Å². The highest BCUT2D eigenvalue weighted by Gasteiger charge is 2.36. The van der Waals surface area contributed by atoms with Crippen LogP contribution in [0.4, 0.5) is 9.18 Å². The Labute approximate surface area is 203 Å². The van der Waals surface area contributed by atoms with E-state index in [1.54, 1.807) is 37.3 Å². The lowest BCUT2D eigenvalue weighted by Crippen LogP contribution is -2.46. The molecule has 0 saturated heterocycles. The van der Waals surface area contributed by atoms with Crippen LogP contribution in [0.5, 0.6) is 11.5 Å². The van der Waals surface area contributed by atoms with E-state index in [4.69, 9.17) is 14.0 Å². The average molecular weight is 481 g/mol. The second-order valence-corrected chi connectivity index (χ2v) is 8.76. The van der Waals surface area contributed by atoms with E-state index in [9.17, 15) is 9.18 Å². The minimum atomic E-state index is -0.556. The standard InChI is InChI=1S/C26H29FN4O4/c1-15(2)12-13-31-16(3)22(25-29-24(30-35-25)17-6-9-19(27)10-7-17)23(28-26(31)32)18-8-11-20(33-4)21(14-18)34-5/h6-11,14-15,23H,12-13H2,1-5H3,(H,28,32). The number of rotatable bonds is 8. The van der Waals surface area contributed by atoms with E-state index in [1.165, 1.54) is 12.1 Å². The summed E-state index contributed by atoms with van der Waals surface area (Å²) in [6, 6.07) is 10.6. The molecule has 9 heteroatoms. The fourth-order valence-corrected chi connectivity index (χ4v) is 4.05. The van der Waals surface area contributed by atoms with Crippen molar-refractivity contribution in [3.8, 4) is 22.9 Å². The van der Waals surface area contributed by atoms with E-state index in [0.29, 0.717) is 40.9 Å². The smallest absolute Gasteiger partial charge is 0.322 e. The summed E-state index contributed by atoms with van der Waals surface area (Å²) in [5.41, 5.74) is 2.80. The fraction of sp³-hybridized carbons (Fsp3) is 0.346. The molecule has 0 aliphatic carbocycles. The average Bonchev–Trinajstić information content (AvgIpc) is 3.33. The molecule has 1 atom stereocenters. The molecule has 1 aliphatic rings. The van der Waals surface area contributed by atoms with Gasteiger partial charge in [-0.15, -0.1) is 0 Å². The van der Waals surface area contributed by atoms with E-state index in [1.807, 2.05) is 19.1 Å². The van der Waals surface area contributed by atoms with Gasteiger partial charge in [-0.2, -0.15) is 4.98 Å². The molecule has 35 heavy (non-hydrogen) atoms. The van der Waals surface area contributed by atoms with Crippen LogP contribution in [-0.4, -0.2) is 41.8 Å². The SMILES string of the molecule is COc1ccc(C2NC(=O)N(CCC(C)C)C(C)=C2c2nc(-c3ccc(F)cc3)no2)cc1OC. The molecule has 0 saturated carbocycles. The van der Waals surface area contributed by atoms with Crippen molar-refractivity contribution in [3.05, 3.63) is 65.4 Å². The van der Waals surface area contributed by atoms with Crippen LogP contribution in [0.15, 0.2) is 52.7 Å². The highest BCUT2D eigenvalue weighted by Crippen LogP contribution is 2.40. The molecule has 3 aromatic rings. The Balaban J connectivity index is 1.80. The summed E-state index contributed by atoms with van der Waals surface area (Å²) < 4.78 is 29.9. The minimum Gasteiger partial charge on any atom is -0.493 e. The van der Waals surface area contributed by atoms with Gasteiger partial charge in [0.25, 0.3) is 5.89 Å². The van der Waals surface area contributed by atoms with Crippen molar-refractivity contribution in [1.29, 1.82) is 0 Å². The second-order valence-electron chi connectivity index (χ2n) is 8.76. The predicted octanol–water partition coefficient (Wildman–Crippen LogP) is 5.44. The van der Waals surface area contributed by atoms with Crippen LogP contribution in [0.1, 0.15) is 44.7 Å². The van der Waals surface area contributed by atoms with Crippen molar-refractivity contribution in [2.75, 3.05) is 20.8 Å². The van der Waals surface area contributed by atoms with Crippen molar-refractivity contribution in [1.82, 2.24) is 20.4 Å². The van der Waals surface area contributed by atoms with Crippen LogP contribution < -0.4 is 14.8 Å². The van der Waals surface area contributed by atoms with Gasteiger partial charge in [0.2, 0.25) is 5.82 Å². The number of methoxy groups -OCH3 is 2. The molecule has 4 rings (SSSR count). The van der Waals surface area contributed by atoms with Crippen molar-refractivity contribution in [3.63, 3.8) is 0 Å². The first kappa shape index (κ1) is 24.3. The first-order chi connectivity index (χ1) is 16.8. The van der Waals surface area contributed by atoms with Crippen molar-refractivity contribution in [2.45, 2.75) is 33.2 Å². The molecule has 184 valence electrons. The van der Waals surface area contributed by atoms with E-state index >= 15 is 0 Å². The maximum Gasteiger partial charge on any atom is 0.322 e. The summed E-state index contributed by atoms with van der Waals surface area (Å²) in [4.78, 5) is 19.4. The molecule has 2 heterocycles. The third kappa shape index (κ3) is 4.99. The number of nitrogens with zero attached hydrogens (tertiary/aromatic N) is 3. The highest BCUT2D eigenvalue weighted by atomic mass is 19.1. The number of urea groups is 1. The molecular weight excluding hydrogens is 451 g/mol. The predicted molar refractivity (Wildman–Crippen MR) is 129 cm³/mol. The lowest BCUT2D eigenvalue weighted by atomic mass is 9.94. The normalized spacial score (nSPS) is 16.0.